The van der Waals surface area contributed by atoms with Gasteiger partial charge in [-0.1, -0.05) is 53.6 Å². The summed E-state index contributed by atoms with van der Waals surface area (Å²) in [5.74, 6) is 0.329. The van der Waals surface area contributed by atoms with Crippen LogP contribution in [0.4, 0.5) is 5.69 Å². The lowest BCUT2D eigenvalue weighted by Gasteiger charge is -2.07. The monoisotopic (exact) mass is 395 g/mol. The number of halogens is 1. The van der Waals surface area contributed by atoms with Gasteiger partial charge in [-0.25, -0.2) is 4.68 Å². The molecule has 1 amide bonds. The van der Waals surface area contributed by atoms with Crippen LogP contribution in [-0.2, 0) is 11.3 Å². The van der Waals surface area contributed by atoms with E-state index in [1.54, 1.807) is 30.0 Å². The molecule has 1 N–H and O–H groups in total. The van der Waals surface area contributed by atoms with Crippen LogP contribution in [0, 0.1) is 13.8 Å². The van der Waals surface area contributed by atoms with Crippen molar-refractivity contribution in [3.63, 3.8) is 0 Å². The summed E-state index contributed by atoms with van der Waals surface area (Å²) < 4.78 is 6.98. The van der Waals surface area contributed by atoms with E-state index in [9.17, 15) is 4.79 Å². The summed E-state index contributed by atoms with van der Waals surface area (Å²) in [5, 5.41) is 7.80. The van der Waals surface area contributed by atoms with Crippen molar-refractivity contribution in [1.82, 2.24) is 9.78 Å². The molecule has 144 valence electrons. The van der Waals surface area contributed by atoms with Gasteiger partial charge in [0.15, 0.2) is 0 Å². The molecule has 6 heteroatoms. The van der Waals surface area contributed by atoms with Crippen LogP contribution in [0.2, 0.25) is 5.15 Å². The molecule has 28 heavy (non-hydrogen) atoms. The van der Waals surface area contributed by atoms with Crippen molar-refractivity contribution < 1.29 is 9.53 Å². The van der Waals surface area contributed by atoms with E-state index in [2.05, 4.69) is 34.7 Å². The average molecular weight is 396 g/mol. The smallest absolute Gasteiger partial charge is 0.248 e. The molecule has 1 aromatic heterocycles. The Morgan fingerprint density at radius 2 is 1.89 bits per heavy atom. The van der Waals surface area contributed by atoms with E-state index in [-0.39, 0.29) is 5.91 Å². The van der Waals surface area contributed by atoms with Crippen LogP contribution in [0.15, 0.2) is 54.6 Å². The van der Waals surface area contributed by atoms with E-state index in [0.717, 1.165) is 16.8 Å². The van der Waals surface area contributed by atoms with Gasteiger partial charge < -0.3 is 10.1 Å². The molecule has 3 rings (SSSR count). The number of aryl methyl sites for hydroxylation is 2. The van der Waals surface area contributed by atoms with Gasteiger partial charge in [0, 0.05) is 11.6 Å². The fraction of sp³-hybridized carbons (Fsp3) is 0.182. The maximum absolute atomic E-state index is 12.3. The van der Waals surface area contributed by atoms with Gasteiger partial charge in [-0.3, -0.25) is 4.79 Å². The first kappa shape index (κ1) is 19.7. The number of rotatable bonds is 6. The number of anilines is 1. The minimum atomic E-state index is -0.272. The van der Waals surface area contributed by atoms with Crippen molar-refractivity contribution in [2.24, 2.45) is 0 Å². The van der Waals surface area contributed by atoms with Crippen LogP contribution < -0.4 is 10.1 Å². The SMILES string of the molecule is COc1ccccc1NC(=O)/C=C/c1c(C)nn(Cc2ccc(C)cc2)c1Cl. The summed E-state index contributed by atoms with van der Waals surface area (Å²) in [7, 11) is 1.56. The maximum atomic E-state index is 12.3. The maximum Gasteiger partial charge on any atom is 0.248 e. The third kappa shape index (κ3) is 4.61. The highest BCUT2D eigenvalue weighted by Crippen LogP contribution is 2.24. The Bertz CT molecular complexity index is 1010. The lowest BCUT2D eigenvalue weighted by atomic mass is 10.1. The molecule has 0 unspecified atom stereocenters. The van der Waals surface area contributed by atoms with E-state index in [1.165, 1.54) is 11.6 Å². The number of nitrogens with one attached hydrogen (secondary N) is 1. The molecule has 5 nitrogen and oxygen atoms in total. The standard InChI is InChI=1S/C22H22ClN3O2/c1-15-8-10-17(11-9-15)14-26-22(23)18(16(2)25-26)12-13-21(27)24-19-6-4-5-7-20(19)28-3/h4-13H,14H2,1-3H3,(H,24,27)/b13-12+. The molecule has 3 aromatic rings. The molecule has 0 aliphatic rings. The summed E-state index contributed by atoms with van der Waals surface area (Å²) in [4.78, 5) is 12.3. The van der Waals surface area contributed by atoms with E-state index in [1.807, 2.05) is 26.0 Å². The topological polar surface area (TPSA) is 56.1 Å². The van der Waals surface area contributed by atoms with Crippen LogP contribution in [0.1, 0.15) is 22.4 Å². The summed E-state index contributed by atoms with van der Waals surface area (Å²) in [5.41, 5.74) is 4.41. The fourth-order valence-electron chi connectivity index (χ4n) is 2.81. The van der Waals surface area contributed by atoms with Crippen molar-refractivity contribution in [1.29, 1.82) is 0 Å². The van der Waals surface area contributed by atoms with Crippen molar-refractivity contribution in [2.45, 2.75) is 20.4 Å². The number of hydrogen-bond acceptors (Lipinski definition) is 3. The van der Waals surface area contributed by atoms with Crippen molar-refractivity contribution in [3.8, 4) is 5.75 Å². The lowest BCUT2D eigenvalue weighted by Crippen LogP contribution is -2.08. The number of benzene rings is 2. The minimum Gasteiger partial charge on any atom is -0.495 e. The molecule has 0 saturated heterocycles. The van der Waals surface area contributed by atoms with Crippen molar-refractivity contribution >= 4 is 29.3 Å². The molecular weight excluding hydrogens is 374 g/mol. The quantitative estimate of drug-likeness (QED) is 0.606. The Labute approximate surface area is 169 Å². The predicted molar refractivity (Wildman–Crippen MR) is 113 cm³/mol. The summed E-state index contributed by atoms with van der Waals surface area (Å²) >= 11 is 6.50. The number of para-hydroxylation sites is 2. The number of carbonyl (C=O) groups excluding carboxylic acids is 1. The Morgan fingerprint density at radius 3 is 2.61 bits per heavy atom. The van der Waals surface area contributed by atoms with Gasteiger partial charge in [-0.05, 0) is 37.6 Å². The molecule has 0 fully saturated rings. The number of carbonyl (C=O) groups is 1. The van der Waals surface area contributed by atoms with Gasteiger partial charge in [0.05, 0.1) is 25.0 Å². The first-order valence-electron chi connectivity index (χ1n) is 8.88. The Balaban J connectivity index is 1.74. The van der Waals surface area contributed by atoms with Gasteiger partial charge in [0.1, 0.15) is 10.9 Å². The highest BCUT2D eigenvalue weighted by Gasteiger charge is 2.12. The summed E-state index contributed by atoms with van der Waals surface area (Å²) in [6, 6.07) is 15.5. The van der Waals surface area contributed by atoms with Gasteiger partial charge in [-0.15, -0.1) is 0 Å². The molecule has 0 saturated carbocycles. The molecule has 0 atom stereocenters. The average Bonchev–Trinajstić information content (AvgIpc) is 2.95. The molecule has 0 aliphatic carbocycles. The number of aromatic nitrogens is 2. The molecule has 0 radical (unpaired) electrons. The van der Waals surface area contributed by atoms with Crippen LogP contribution in [0.3, 0.4) is 0 Å². The molecule has 1 heterocycles. The van der Waals surface area contributed by atoms with Crippen LogP contribution >= 0.6 is 11.6 Å². The number of nitrogens with zero attached hydrogens (tertiary/aromatic N) is 2. The number of ether oxygens (including phenoxy) is 1. The highest BCUT2D eigenvalue weighted by molar-refractivity contribution is 6.31. The highest BCUT2D eigenvalue weighted by atomic mass is 35.5. The van der Waals surface area contributed by atoms with Crippen molar-refractivity contribution in [3.05, 3.63) is 82.1 Å². The van der Waals surface area contributed by atoms with E-state index in [4.69, 9.17) is 16.3 Å². The Kier molecular flexibility index (Phi) is 6.16. The number of amides is 1. The predicted octanol–water partition coefficient (Wildman–Crippen LogP) is 4.86. The molecular formula is C22H22ClN3O2. The molecule has 0 aliphatic heterocycles. The first-order valence-corrected chi connectivity index (χ1v) is 9.26. The molecule has 0 bridgehead atoms. The zero-order valence-electron chi connectivity index (χ0n) is 16.1. The molecule has 0 spiro atoms. The van der Waals surface area contributed by atoms with E-state index >= 15 is 0 Å². The Morgan fingerprint density at radius 1 is 1.18 bits per heavy atom. The normalized spacial score (nSPS) is 11.0. The van der Waals surface area contributed by atoms with Gasteiger partial charge >= 0.3 is 0 Å². The van der Waals surface area contributed by atoms with Crippen LogP contribution in [0.25, 0.3) is 6.08 Å². The third-order valence-corrected chi connectivity index (χ3v) is 4.73. The summed E-state index contributed by atoms with van der Waals surface area (Å²) in [6.45, 7) is 4.49. The van der Waals surface area contributed by atoms with Gasteiger partial charge in [-0.2, -0.15) is 5.10 Å². The summed E-state index contributed by atoms with van der Waals surface area (Å²) in [6.07, 6.45) is 3.12. The van der Waals surface area contributed by atoms with Gasteiger partial charge in [0.2, 0.25) is 5.91 Å². The lowest BCUT2D eigenvalue weighted by molar-refractivity contribution is -0.111. The zero-order chi connectivity index (χ0) is 20.1. The molecule has 2 aromatic carbocycles. The Hall–Kier alpha value is -3.05. The van der Waals surface area contributed by atoms with Gasteiger partial charge in [0.25, 0.3) is 0 Å². The van der Waals surface area contributed by atoms with E-state index in [0.29, 0.717) is 23.1 Å². The number of hydrogen-bond donors (Lipinski definition) is 1. The first-order chi connectivity index (χ1) is 13.5. The second-order valence-corrected chi connectivity index (χ2v) is 6.81. The number of methoxy groups -OCH3 is 1. The van der Waals surface area contributed by atoms with Crippen molar-refractivity contribution in [2.75, 3.05) is 12.4 Å². The van der Waals surface area contributed by atoms with Crippen LogP contribution in [0.5, 0.6) is 5.75 Å². The second kappa shape index (κ2) is 8.76. The fourth-order valence-corrected chi connectivity index (χ4v) is 3.11. The second-order valence-electron chi connectivity index (χ2n) is 6.46. The largest absolute Gasteiger partial charge is 0.495 e. The third-order valence-electron chi connectivity index (χ3n) is 4.33. The van der Waals surface area contributed by atoms with Crippen LogP contribution in [-0.4, -0.2) is 22.8 Å². The minimum absolute atomic E-state index is 0.272. The van der Waals surface area contributed by atoms with E-state index < -0.39 is 0 Å². The zero-order valence-corrected chi connectivity index (χ0v) is 16.8.